The van der Waals surface area contributed by atoms with E-state index in [2.05, 4.69) is 4.90 Å². The van der Waals surface area contributed by atoms with Crippen molar-refractivity contribution in [2.75, 3.05) is 47.5 Å². The van der Waals surface area contributed by atoms with Crippen LogP contribution in [0, 0.1) is 0 Å². The second kappa shape index (κ2) is 10.3. The van der Waals surface area contributed by atoms with Crippen LogP contribution >= 0.6 is 0 Å². The fraction of sp³-hybridized carbons (Fsp3) is 0.520. The quantitative estimate of drug-likeness (QED) is 0.597. The molecule has 1 unspecified atom stereocenters. The highest BCUT2D eigenvalue weighted by molar-refractivity contribution is 5.87. The molecule has 0 radical (unpaired) electrons. The number of piperidine rings is 1. The lowest BCUT2D eigenvalue weighted by Crippen LogP contribution is -2.43. The predicted molar refractivity (Wildman–Crippen MR) is 124 cm³/mol. The fourth-order valence-corrected chi connectivity index (χ4v) is 5.11. The topological polar surface area (TPSA) is 73.2 Å². The van der Waals surface area contributed by atoms with Gasteiger partial charge < -0.3 is 23.7 Å². The lowest BCUT2D eigenvalue weighted by molar-refractivity contribution is -0.133. The van der Waals surface area contributed by atoms with Crippen molar-refractivity contribution < 1.29 is 23.8 Å². The summed E-state index contributed by atoms with van der Waals surface area (Å²) in [6.07, 6.45) is 5.64. The van der Waals surface area contributed by atoms with Crippen molar-refractivity contribution in [1.29, 1.82) is 0 Å². The number of methoxy groups -OCH3 is 3. The van der Waals surface area contributed by atoms with E-state index in [1.165, 1.54) is 7.11 Å². The third kappa shape index (κ3) is 4.85. The standard InChI is InChI=1S/C25H33N3O5/c1-31-19-8-9-20(23(16-19)32-2)21-6-4-13-28(21)24(29)17-26-14-10-18(11-15-26)27-12-5-7-22(27)25(30)33-3/h5,7-9,12,16,18,21H,4,6,10-11,13-15,17H2,1-3H3. The first-order valence-corrected chi connectivity index (χ1v) is 11.5. The molecule has 0 aliphatic carbocycles. The van der Waals surface area contributed by atoms with E-state index in [0.717, 1.165) is 62.4 Å². The van der Waals surface area contributed by atoms with Crippen LogP contribution in [0.2, 0.25) is 0 Å². The molecule has 4 rings (SSSR count). The Labute approximate surface area is 195 Å². The number of esters is 1. The molecule has 0 spiro atoms. The molecular weight excluding hydrogens is 422 g/mol. The zero-order valence-corrected chi connectivity index (χ0v) is 19.7. The largest absolute Gasteiger partial charge is 0.497 e. The summed E-state index contributed by atoms with van der Waals surface area (Å²) < 4.78 is 17.8. The number of hydrogen-bond donors (Lipinski definition) is 0. The summed E-state index contributed by atoms with van der Waals surface area (Å²) in [5.41, 5.74) is 1.62. The number of benzene rings is 1. The molecule has 0 saturated carbocycles. The normalized spacial score (nSPS) is 19.5. The number of nitrogens with zero attached hydrogens (tertiary/aromatic N) is 3. The number of hydrogen-bond acceptors (Lipinski definition) is 6. The fourth-order valence-electron chi connectivity index (χ4n) is 5.11. The van der Waals surface area contributed by atoms with Crippen LogP contribution in [0.25, 0.3) is 0 Å². The van der Waals surface area contributed by atoms with Crippen molar-refractivity contribution in [1.82, 2.24) is 14.4 Å². The van der Waals surface area contributed by atoms with Crippen molar-refractivity contribution in [2.24, 2.45) is 0 Å². The highest BCUT2D eigenvalue weighted by atomic mass is 16.5. The highest BCUT2D eigenvalue weighted by Crippen LogP contribution is 2.39. The number of likely N-dealkylation sites (tertiary alicyclic amines) is 2. The van der Waals surface area contributed by atoms with Gasteiger partial charge in [0.2, 0.25) is 5.91 Å². The van der Waals surface area contributed by atoms with E-state index in [1.54, 1.807) is 20.3 Å². The van der Waals surface area contributed by atoms with Crippen molar-refractivity contribution in [3.05, 3.63) is 47.8 Å². The molecule has 8 nitrogen and oxygen atoms in total. The van der Waals surface area contributed by atoms with E-state index in [9.17, 15) is 9.59 Å². The second-order valence-electron chi connectivity index (χ2n) is 8.65. The molecular formula is C25H33N3O5. The van der Waals surface area contributed by atoms with Gasteiger partial charge in [-0.1, -0.05) is 0 Å². The van der Waals surface area contributed by atoms with E-state index >= 15 is 0 Å². The maximum absolute atomic E-state index is 13.3. The van der Waals surface area contributed by atoms with E-state index in [-0.39, 0.29) is 24.0 Å². The van der Waals surface area contributed by atoms with Gasteiger partial charge in [0, 0.05) is 43.5 Å². The van der Waals surface area contributed by atoms with Gasteiger partial charge in [-0.05, 0) is 49.9 Å². The molecule has 1 aromatic heterocycles. The van der Waals surface area contributed by atoms with Gasteiger partial charge in [-0.15, -0.1) is 0 Å². The molecule has 1 amide bonds. The molecule has 0 bridgehead atoms. The Balaban J connectivity index is 1.37. The van der Waals surface area contributed by atoms with Crippen LogP contribution in [0.15, 0.2) is 36.5 Å². The molecule has 2 fully saturated rings. The Morgan fingerprint density at radius 1 is 1.00 bits per heavy atom. The summed E-state index contributed by atoms with van der Waals surface area (Å²) in [5.74, 6) is 1.34. The lowest BCUT2D eigenvalue weighted by Gasteiger charge is -2.34. The maximum atomic E-state index is 13.3. The van der Waals surface area contributed by atoms with Crippen molar-refractivity contribution in [3.8, 4) is 11.5 Å². The SMILES string of the molecule is COC(=O)c1cccn1C1CCN(CC(=O)N2CCCC2c2ccc(OC)cc2OC)CC1. The average Bonchev–Trinajstić information content (AvgIpc) is 3.54. The molecule has 2 aliphatic rings. The van der Waals surface area contributed by atoms with Gasteiger partial charge in [0.1, 0.15) is 17.2 Å². The third-order valence-electron chi connectivity index (χ3n) is 6.86. The Morgan fingerprint density at radius 2 is 1.79 bits per heavy atom. The monoisotopic (exact) mass is 455 g/mol. The van der Waals surface area contributed by atoms with Gasteiger partial charge in [0.05, 0.1) is 33.9 Å². The van der Waals surface area contributed by atoms with Gasteiger partial charge in [-0.25, -0.2) is 4.79 Å². The minimum absolute atomic E-state index is 0.0263. The zero-order valence-electron chi connectivity index (χ0n) is 19.7. The van der Waals surface area contributed by atoms with Gasteiger partial charge in [0.25, 0.3) is 0 Å². The molecule has 1 aromatic carbocycles. The maximum Gasteiger partial charge on any atom is 0.354 e. The molecule has 1 atom stereocenters. The van der Waals surface area contributed by atoms with Crippen LogP contribution in [0.3, 0.4) is 0 Å². The van der Waals surface area contributed by atoms with Crippen LogP contribution in [-0.4, -0.2) is 73.8 Å². The number of carbonyl (C=O) groups is 2. The van der Waals surface area contributed by atoms with Crippen LogP contribution in [-0.2, 0) is 9.53 Å². The number of aromatic nitrogens is 1. The van der Waals surface area contributed by atoms with Crippen LogP contribution in [0.1, 0.15) is 53.8 Å². The van der Waals surface area contributed by atoms with Gasteiger partial charge >= 0.3 is 5.97 Å². The summed E-state index contributed by atoms with van der Waals surface area (Å²) in [4.78, 5) is 29.5. The first-order valence-electron chi connectivity index (χ1n) is 11.5. The van der Waals surface area contributed by atoms with Crippen LogP contribution < -0.4 is 9.47 Å². The Bertz CT molecular complexity index is 980. The minimum atomic E-state index is -0.313. The molecule has 2 aromatic rings. The Morgan fingerprint density at radius 3 is 2.48 bits per heavy atom. The first-order chi connectivity index (χ1) is 16.0. The molecule has 3 heterocycles. The zero-order chi connectivity index (χ0) is 23.4. The Hall–Kier alpha value is -3.00. The molecule has 2 aliphatic heterocycles. The van der Waals surface area contributed by atoms with E-state index < -0.39 is 0 Å². The van der Waals surface area contributed by atoms with E-state index in [0.29, 0.717) is 12.2 Å². The molecule has 178 valence electrons. The molecule has 0 N–H and O–H groups in total. The predicted octanol–water partition coefficient (Wildman–Crippen LogP) is 3.29. The third-order valence-corrected chi connectivity index (χ3v) is 6.86. The lowest BCUT2D eigenvalue weighted by atomic mass is 10.0. The molecule has 8 heteroatoms. The molecule has 2 saturated heterocycles. The summed E-state index contributed by atoms with van der Waals surface area (Å²) >= 11 is 0. The van der Waals surface area contributed by atoms with Crippen LogP contribution in [0.4, 0.5) is 0 Å². The second-order valence-corrected chi connectivity index (χ2v) is 8.65. The van der Waals surface area contributed by atoms with Gasteiger partial charge in [-0.2, -0.15) is 0 Å². The van der Waals surface area contributed by atoms with Crippen molar-refractivity contribution >= 4 is 11.9 Å². The number of amides is 1. The Kier molecular flexibility index (Phi) is 7.23. The van der Waals surface area contributed by atoms with Gasteiger partial charge in [-0.3, -0.25) is 9.69 Å². The van der Waals surface area contributed by atoms with Gasteiger partial charge in [0.15, 0.2) is 0 Å². The smallest absolute Gasteiger partial charge is 0.354 e. The van der Waals surface area contributed by atoms with Crippen LogP contribution in [0.5, 0.6) is 11.5 Å². The first kappa shape index (κ1) is 23.2. The summed E-state index contributed by atoms with van der Waals surface area (Å²) in [7, 11) is 4.69. The summed E-state index contributed by atoms with van der Waals surface area (Å²) in [5, 5.41) is 0. The van der Waals surface area contributed by atoms with Crippen molar-refractivity contribution in [3.63, 3.8) is 0 Å². The minimum Gasteiger partial charge on any atom is -0.497 e. The van der Waals surface area contributed by atoms with E-state index in [1.807, 2.05) is 39.9 Å². The number of ether oxygens (including phenoxy) is 3. The average molecular weight is 456 g/mol. The summed E-state index contributed by atoms with van der Waals surface area (Å²) in [6.45, 7) is 2.82. The molecule has 33 heavy (non-hydrogen) atoms. The van der Waals surface area contributed by atoms with E-state index in [4.69, 9.17) is 14.2 Å². The highest BCUT2D eigenvalue weighted by Gasteiger charge is 2.33. The van der Waals surface area contributed by atoms with Crippen molar-refractivity contribution in [2.45, 2.75) is 37.8 Å². The number of carbonyl (C=O) groups excluding carboxylic acids is 2. The summed E-state index contributed by atoms with van der Waals surface area (Å²) in [6, 6.07) is 9.75. The number of rotatable bonds is 7.